The van der Waals surface area contributed by atoms with Crippen LogP contribution >= 0.6 is 0 Å². The molecule has 11 aromatic rings. The van der Waals surface area contributed by atoms with Gasteiger partial charge in [0.25, 0.3) is 0 Å². The molecule has 0 unspecified atom stereocenters. The number of pyridine rings is 1. The number of hydrogen-bond acceptors (Lipinski definition) is 5. The van der Waals surface area contributed by atoms with Crippen LogP contribution in [0.15, 0.2) is 237 Å². The fraction of sp³-hybridized carbons (Fsp3) is 0.0725. The topological polar surface area (TPSA) is 42.8 Å². The van der Waals surface area contributed by atoms with Crippen LogP contribution in [0.4, 0.5) is 5.69 Å². The van der Waals surface area contributed by atoms with Crippen LogP contribution in [0.5, 0.6) is 11.5 Å². The van der Waals surface area contributed by atoms with E-state index in [1.807, 2.05) is 67.9 Å². The SMILES string of the molecule is [2H]c1c([2H])c([2H])c(-c2ccc(-c3cnc(-n4c5[c-]c(Oc6[c-]c(C7=COC8=C(c9ccccc9)N(c9c(-c%10ccccc%10)cccc9-c9ccccc9)[CH-]N78)cc(C(C)(C)C)c6)ccc5c5ccccc54)cc3C)cc2)c([2H])c1[2H].[Pt]. The summed E-state index contributed by atoms with van der Waals surface area (Å²) < 4.78 is 57.1. The van der Waals surface area contributed by atoms with Crippen molar-refractivity contribution in [2.24, 2.45) is 0 Å². The fourth-order valence-corrected chi connectivity index (χ4v) is 10.3. The largest absolute Gasteiger partial charge is 0.503 e. The Morgan fingerprint density at radius 1 is 0.579 bits per heavy atom. The van der Waals surface area contributed by atoms with Crippen LogP contribution in [0.1, 0.15) is 49.9 Å². The zero-order chi connectivity index (χ0) is 55.0. The zero-order valence-electron chi connectivity index (χ0n) is 47.1. The number of benzene rings is 9. The molecule has 0 aliphatic carbocycles. The van der Waals surface area contributed by atoms with E-state index in [0.717, 1.165) is 94.5 Å². The van der Waals surface area contributed by atoms with Gasteiger partial charge in [0.05, 0.1) is 18.8 Å². The van der Waals surface area contributed by atoms with Crippen molar-refractivity contribution in [3.63, 3.8) is 0 Å². The van der Waals surface area contributed by atoms with Gasteiger partial charge >= 0.3 is 0 Å². The van der Waals surface area contributed by atoms with Crippen LogP contribution in [-0.4, -0.2) is 14.5 Å². The third-order valence-corrected chi connectivity index (χ3v) is 14.0. The summed E-state index contributed by atoms with van der Waals surface area (Å²) in [7, 11) is 0. The predicted octanol–water partition coefficient (Wildman–Crippen LogP) is 17.4. The molecule has 2 aromatic heterocycles. The van der Waals surface area contributed by atoms with Crippen LogP contribution in [0.3, 0.4) is 0 Å². The maximum absolute atomic E-state index is 8.49. The Bertz CT molecular complexity index is 4240. The predicted molar refractivity (Wildman–Crippen MR) is 305 cm³/mol. The number of para-hydroxylation sites is 2. The van der Waals surface area contributed by atoms with Gasteiger partial charge in [-0.25, -0.2) is 4.98 Å². The number of ether oxygens (including phenoxy) is 2. The van der Waals surface area contributed by atoms with E-state index in [0.29, 0.717) is 28.8 Å². The van der Waals surface area contributed by atoms with Gasteiger partial charge in [0, 0.05) is 72.2 Å². The Kier molecular flexibility index (Phi) is 11.1. The Labute approximate surface area is 465 Å². The first-order chi connectivity index (χ1) is 38.8. The molecule has 0 radical (unpaired) electrons. The second kappa shape index (κ2) is 19.9. The normalized spacial score (nSPS) is 14.1. The van der Waals surface area contributed by atoms with Gasteiger partial charge in [-0.2, -0.15) is 12.7 Å². The van der Waals surface area contributed by atoms with Gasteiger partial charge in [-0.05, 0) is 68.9 Å². The van der Waals surface area contributed by atoms with Crippen LogP contribution in [0, 0.1) is 25.7 Å². The maximum Gasteiger partial charge on any atom is 0.184 e. The molecule has 13 rings (SSSR count). The average Bonchev–Trinajstić information content (AvgIpc) is 4.40. The van der Waals surface area contributed by atoms with Gasteiger partial charge in [0.2, 0.25) is 0 Å². The van der Waals surface area contributed by atoms with Gasteiger partial charge in [-0.1, -0.05) is 220 Å². The van der Waals surface area contributed by atoms with Crippen molar-refractivity contribution in [3.05, 3.63) is 278 Å². The first kappa shape index (κ1) is 42.6. The van der Waals surface area contributed by atoms with Crippen LogP contribution in [0.25, 0.3) is 83.5 Å². The van der Waals surface area contributed by atoms with E-state index in [9.17, 15) is 0 Å². The molecule has 9 aromatic carbocycles. The van der Waals surface area contributed by atoms with E-state index in [1.54, 1.807) is 12.1 Å². The molecule has 0 spiro atoms. The van der Waals surface area contributed by atoms with Crippen LogP contribution in [-0.2, 0) is 31.2 Å². The molecular weight excluding hydrogens is 1110 g/mol. The van der Waals surface area contributed by atoms with E-state index in [2.05, 4.69) is 181 Å². The second-order valence-corrected chi connectivity index (χ2v) is 19.8. The fourth-order valence-electron chi connectivity index (χ4n) is 10.3. The van der Waals surface area contributed by atoms with Gasteiger partial charge in [-0.3, -0.25) is 0 Å². The molecule has 0 atom stereocenters. The smallest absolute Gasteiger partial charge is 0.184 e. The molecule has 0 N–H and O–H groups in total. The summed E-state index contributed by atoms with van der Waals surface area (Å²) in [6.45, 7) is 10.8. The van der Waals surface area contributed by atoms with E-state index in [4.69, 9.17) is 21.3 Å². The molecule has 4 heterocycles. The summed E-state index contributed by atoms with van der Waals surface area (Å²) in [4.78, 5) is 9.45. The third kappa shape index (κ3) is 8.79. The Balaban J connectivity index is 0.00000651. The number of rotatable bonds is 10. The molecule has 372 valence electrons. The van der Waals surface area contributed by atoms with E-state index < -0.39 is 6.04 Å². The van der Waals surface area contributed by atoms with Crippen LogP contribution < -0.4 is 9.64 Å². The molecule has 0 amide bonds. The first-order valence-corrected chi connectivity index (χ1v) is 25.0. The number of nitrogens with zero attached hydrogens (tertiary/aromatic N) is 4. The summed E-state index contributed by atoms with van der Waals surface area (Å²) in [5, 5.41) is 2.04. The van der Waals surface area contributed by atoms with Gasteiger partial charge in [-0.15, -0.1) is 34.7 Å². The van der Waals surface area contributed by atoms with Gasteiger partial charge in [0.1, 0.15) is 5.82 Å². The molecule has 0 saturated carbocycles. The molecule has 76 heavy (non-hydrogen) atoms. The molecule has 0 fully saturated rings. The van der Waals surface area contributed by atoms with E-state index in [1.165, 1.54) is 0 Å². The summed E-state index contributed by atoms with van der Waals surface area (Å²) in [5.41, 5.74) is 14.9. The van der Waals surface area contributed by atoms with Crippen molar-refractivity contribution in [2.75, 3.05) is 4.90 Å². The van der Waals surface area contributed by atoms with Gasteiger partial charge < -0.3 is 23.8 Å². The molecule has 0 bridgehead atoms. The number of hydrogen-bond donors (Lipinski definition) is 0. The molecule has 7 heteroatoms. The number of fused-ring (bicyclic) bond motifs is 4. The Morgan fingerprint density at radius 3 is 1.88 bits per heavy atom. The van der Waals surface area contributed by atoms with Crippen molar-refractivity contribution in [2.45, 2.75) is 33.1 Å². The van der Waals surface area contributed by atoms with Gasteiger partial charge in [0.15, 0.2) is 5.88 Å². The van der Waals surface area contributed by atoms with E-state index in [-0.39, 0.29) is 56.2 Å². The number of aryl methyl sites for hydroxylation is 1. The minimum atomic E-state index is -0.415. The molecular formula is C69H51N4O2Pt-3. The Hall–Kier alpha value is -8.70. The van der Waals surface area contributed by atoms with Crippen molar-refractivity contribution < 1.29 is 37.4 Å². The average molecular weight is 1170 g/mol. The monoisotopic (exact) mass is 1170 g/mol. The minimum absolute atomic E-state index is 0. The minimum Gasteiger partial charge on any atom is -0.503 e. The maximum atomic E-state index is 8.49. The summed E-state index contributed by atoms with van der Waals surface area (Å²) >= 11 is 0. The molecule has 2 aliphatic heterocycles. The summed E-state index contributed by atoms with van der Waals surface area (Å²) in [6.07, 6.45) is 3.66. The molecule has 2 aliphatic rings. The number of aromatic nitrogens is 2. The quantitative estimate of drug-likeness (QED) is 0.128. The Morgan fingerprint density at radius 2 is 1.21 bits per heavy atom. The van der Waals surface area contributed by atoms with E-state index >= 15 is 0 Å². The summed E-state index contributed by atoms with van der Waals surface area (Å²) in [6, 6.07) is 69.6. The zero-order valence-corrected chi connectivity index (χ0v) is 44.3. The summed E-state index contributed by atoms with van der Waals surface area (Å²) in [5.74, 6) is 2.42. The van der Waals surface area contributed by atoms with Crippen molar-refractivity contribution in [1.29, 1.82) is 0 Å². The van der Waals surface area contributed by atoms with Crippen molar-refractivity contribution in [3.8, 4) is 61.8 Å². The number of anilines is 1. The first-order valence-electron chi connectivity index (χ1n) is 27.5. The second-order valence-electron chi connectivity index (χ2n) is 19.8. The standard InChI is InChI=1S/C69H51N4O2.Pt/c1-46-38-65(70-43-61(46)51-34-32-48(33-35-51)47-20-9-5-10-21-47)73-62-31-18-17-28-59(62)60-37-36-55(42-63(60)73)75-56-40-53(39-54(41-56)69(2,3)4)64-44-74-68-66(52-26-15-8-16-27-52)72(45-71(64)68)67-57(49-22-11-6-12-23-49)29-19-30-58(67)50-24-13-7-14-25-50;/h5-39,41,43-45H,1-4H3;/q-3;/i5D,9D,10D,20D,21D;. The molecule has 6 nitrogen and oxygen atoms in total. The molecule has 0 saturated heterocycles. The third-order valence-electron chi connectivity index (χ3n) is 14.0. The van der Waals surface area contributed by atoms with Crippen molar-refractivity contribution in [1.82, 2.24) is 14.5 Å². The van der Waals surface area contributed by atoms with Crippen LogP contribution in [0.2, 0.25) is 0 Å². The van der Waals surface area contributed by atoms with Crippen molar-refractivity contribution >= 4 is 38.9 Å².